The predicted octanol–water partition coefficient (Wildman–Crippen LogP) is 4.36. The molecule has 3 heterocycles. The molecule has 158 valence electrons. The Labute approximate surface area is 173 Å². The van der Waals surface area contributed by atoms with Crippen molar-refractivity contribution in [1.82, 2.24) is 14.7 Å². The molecule has 0 aromatic heterocycles. The molecule has 0 unspecified atom stereocenters. The number of carboxylic acid groups (broad SMARTS) is 1. The van der Waals surface area contributed by atoms with E-state index in [4.69, 9.17) is 11.6 Å². The van der Waals surface area contributed by atoms with Gasteiger partial charge in [0.25, 0.3) is 5.92 Å². The van der Waals surface area contributed by atoms with Crippen LogP contribution >= 0.6 is 11.6 Å². The minimum Gasteiger partial charge on any atom is -0.465 e. The average molecular weight is 428 g/mol. The fourth-order valence-corrected chi connectivity index (χ4v) is 4.91. The van der Waals surface area contributed by atoms with Crippen molar-refractivity contribution in [2.24, 2.45) is 0 Å². The number of hydrogen-bond acceptors (Lipinski definition) is 2. The summed E-state index contributed by atoms with van der Waals surface area (Å²) >= 11 is 6.31. The molecule has 1 N–H and O–H groups in total. The summed E-state index contributed by atoms with van der Waals surface area (Å²) in [6.07, 6.45) is 0.536. The summed E-state index contributed by atoms with van der Waals surface area (Å²) in [6.45, 7) is 1.42. The van der Waals surface area contributed by atoms with Gasteiger partial charge < -0.3 is 19.8 Å². The van der Waals surface area contributed by atoms with Gasteiger partial charge in [-0.15, -0.1) is 0 Å². The maximum absolute atomic E-state index is 13.4. The van der Waals surface area contributed by atoms with E-state index in [1.807, 2.05) is 12.1 Å². The normalized spacial score (nSPS) is 23.8. The third kappa shape index (κ3) is 3.99. The summed E-state index contributed by atoms with van der Waals surface area (Å²) in [6, 6.07) is 3.18. The second kappa shape index (κ2) is 7.63. The molecule has 1 atom stereocenters. The van der Waals surface area contributed by atoms with E-state index in [1.165, 1.54) is 9.80 Å². The van der Waals surface area contributed by atoms with Crippen molar-refractivity contribution >= 4 is 23.7 Å². The van der Waals surface area contributed by atoms with Crippen molar-refractivity contribution in [1.29, 1.82) is 0 Å². The third-order valence-corrected chi connectivity index (χ3v) is 6.45. The molecule has 0 radical (unpaired) electrons. The van der Waals surface area contributed by atoms with E-state index in [9.17, 15) is 23.5 Å². The number of piperidine rings is 1. The highest BCUT2D eigenvalue weighted by Crippen LogP contribution is 2.39. The number of benzene rings is 1. The number of rotatable bonds is 1. The van der Waals surface area contributed by atoms with Crippen molar-refractivity contribution in [3.8, 4) is 0 Å². The first-order valence-corrected chi connectivity index (χ1v) is 10.4. The van der Waals surface area contributed by atoms with Crippen molar-refractivity contribution in [2.45, 2.75) is 50.6 Å². The Bertz CT molecular complexity index is 825. The van der Waals surface area contributed by atoms with Crippen LogP contribution in [0.1, 0.15) is 48.4 Å². The molecule has 2 saturated heterocycles. The first kappa shape index (κ1) is 20.2. The first-order valence-electron chi connectivity index (χ1n) is 9.97. The molecule has 0 bridgehead atoms. The first-order chi connectivity index (χ1) is 13.7. The molecule has 6 nitrogen and oxygen atoms in total. The van der Waals surface area contributed by atoms with Gasteiger partial charge in [-0.3, -0.25) is 0 Å². The largest absolute Gasteiger partial charge is 0.465 e. The topological polar surface area (TPSA) is 64.1 Å². The molecule has 1 aromatic carbocycles. The molecule has 29 heavy (non-hydrogen) atoms. The van der Waals surface area contributed by atoms with Crippen molar-refractivity contribution in [2.75, 3.05) is 26.2 Å². The molecule has 3 amide bonds. The van der Waals surface area contributed by atoms with E-state index < -0.39 is 12.0 Å². The van der Waals surface area contributed by atoms with E-state index in [2.05, 4.69) is 0 Å². The highest BCUT2D eigenvalue weighted by molar-refractivity contribution is 6.30. The van der Waals surface area contributed by atoms with Crippen molar-refractivity contribution in [3.63, 3.8) is 0 Å². The molecule has 3 aliphatic heterocycles. The summed E-state index contributed by atoms with van der Waals surface area (Å²) in [5, 5.41) is 10.1. The van der Waals surface area contributed by atoms with Gasteiger partial charge in [0.15, 0.2) is 0 Å². The maximum Gasteiger partial charge on any atom is 0.407 e. The smallest absolute Gasteiger partial charge is 0.407 e. The number of halogens is 3. The van der Waals surface area contributed by atoms with Crippen LogP contribution in [0.5, 0.6) is 0 Å². The third-order valence-electron chi connectivity index (χ3n) is 6.24. The number of nitrogens with zero attached hydrogens (tertiary/aromatic N) is 3. The lowest BCUT2D eigenvalue weighted by Gasteiger charge is -2.38. The number of urea groups is 1. The predicted molar refractivity (Wildman–Crippen MR) is 103 cm³/mol. The Kier molecular flexibility index (Phi) is 5.31. The quantitative estimate of drug-likeness (QED) is 0.724. The Morgan fingerprint density at radius 3 is 2.52 bits per heavy atom. The molecule has 2 fully saturated rings. The van der Waals surface area contributed by atoms with Gasteiger partial charge in [-0.2, -0.15) is 0 Å². The molecular weight excluding hydrogens is 404 g/mol. The van der Waals surface area contributed by atoms with Crippen LogP contribution in [0.4, 0.5) is 18.4 Å². The van der Waals surface area contributed by atoms with Crippen molar-refractivity contribution in [3.05, 3.63) is 33.8 Å². The second-order valence-electron chi connectivity index (χ2n) is 8.06. The number of hydrogen-bond donors (Lipinski definition) is 1. The molecule has 0 aliphatic carbocycles. The van der Waals surface area contributed by atoms with Gasteiger partial charge in [-0.25, -0.2) is 18.4 Å². The molecule has 0 saturated carbocycles. The summed E-state index contributed by atoms with van der Waals surface area (Å²) in [5.41, 5.74) is 2.82. The number of fused-ring (bicyclic) bond motifs is 1. The summed E-state index contributed by atoms with van der Waals surface area (Å²) in [7, 11) is 0. The average Bonchev–Trinajstić information content (AvgIpc) is 3.16. The van der Waals surface area contributed by atoms with Crippen LogP contribution in [-0.4, -0.2) is 64.0 Å². The Morgan fingerprint density at radius 1 is 1.10 bits per heavy atom. The van der Waals surface area contributed by atoms with Gasteiger partial charge in [0, 0.05) is 50.6 Å². The lowest BCUT2D eigenvalue weighted by Crippen LogP contribution is -2.50. The number of carbonyl (C=O) groups is 2. The standard InChI is InChI=1S/C20H24ClF2N3O3/c21-14-10-13-3-7-25(18(27)24-8-4-20(22,23)5-9-24)12-16(13)15(11-14)17-2-1-6-26(17)19(28)29/h10-11,17H,1-9,12H2,(H,28,29)/t17-/m0/s1. The molecule has 9 heteroatoms. The molecule has 4 rings (SSSR count). The van der Waals surface area contributed by atoms with Crippen molar-refractivity contribution < 1.29 is 23.5 Å². The number of carbonyl (C=O) groups excluding carboxylic acids is 1. The van der Waals surface area contributed by atoms with E-state index in [0.29, 0.717) is 37.5 Å². The van der Waals surface area contributed by atoms with Gasteiger partial charge in [-0.05, 0) is 48.1 Å². The fraction of sp³-hybridized carbons (Fsp3) is 0.600. The summed E-state index contributed by atoms with van der Waals surface area (Å²) in [5.74, 6) is -2.70. The van der Waals surface area contributed by atoms with E-state index in [0.717, 1.165) is 23.1 Å². The Balaban J connectivity index is 1.57. The second-order valence-corrected chi connectivity index (χ2v) is 8.50. The molecular formula is C20H24ClF2N3O3. The van der Waals surface area contributed by atoms with Crippen LogP contribution in [0, 0.1) is 0 Å². The zero-order chi connectivity index (χ0) is 20.8. The lowest BCUT2D eigenvalue weighted by atomic mass is 9.90. The SMILES string of the molecule is O=C(N1CCC(F)(F)CC1)N1CCc2cc(Cl)cc([C@@H]3CCCN3C(=O)O)c2C1. The van der Waals surface area contributed by atoms with Gasteiger partial charge in [-0.1, -0.05) is 11.6 Å². The van der Waals surface area contributed by atoms with E-state index in [1.54, 1.807) is 4.90 Å². The number of alkyl halides is 2. The monoisotopic (exact) mass is 427 g/mol. The zero-order valence-electron chi connectivity index (χ0n) is 16.0. The van der Waals surface area contributed by atoms with Crippen LogP contribution in [0.2, 0.25) is 5.02 Å². The van der Waals surface area contributed by atoms with Crippen LogP contribution in [-0.2, 0) is 13.0 Å². The van der Waals surface area contributed by atoms with Gasteiger partial charge >= 0.3 is 12.1 Å². The van der Waals surface area contributed by atoms with Gasteiger partial charge in [0.05, 0.1) is 6.04 Å². The zero-order valence-corrected chi connectivity index (χ0v) is 16.8. The maximum atomic E-state index is 13.4. The van der Waals surface area contributed by atoms with Gasteiger partial charge in [0.1, 0.15) is 0 Å². The van der Waals surface area contributed by atoms with Crippen LogP contribution in [0.15, 0.2) is 12.1 Å². The highest BCUT2D eigenvalue weighted by atomic mass is 35.5. The van der Waals surface area contributed by atoms with Crippen LogP contribution < -0.4 is 0 Å². The molecule has 1 aromatic rings. The fourth-order valence-electron chi connectivity index (χ4n) is 4.66. The minimum atomic E-state index is -2.70. The Morgan fingerprint density at radius 2 is 1.83 bits per heavy atom. The number of likely N-dealkylation sites (tertiary alicyclic amines) is 2. The number of amides is 3. The highest BCUT2D eigenvalue weighted by Gasteiger charge is 2.38. The van der Waals surface area contributed by atoms with Gasteiger partial charge in [0.2, 0.25) is 0 Å². The minimum absolute atomic E-state index is 0.0537. The molecule has 3 aliphatic rings. The Hall–Kier alpha value is -2.09. The summed E-state index contributed by atoms with van der Waals surface area (Å²) < 4.78 is 26.9. The van der Waals surface area contributed by atoms with Crippen LogP contribution in [0.25, 0.3) is 0 Å². The van der Waals surface area contributed by atoms with Crippen LogP contribution in [0.3, 0.4) is 0 Å². The molecule has 0 spiro atoms. The summed E-state index contributed by atoms with van der Waals surface area (Å²) in [4.78, 5) is 29.2. The lowest BCUT2D eigenvalue weighted by molar-refractivity contribution is -0.0493. The van der Waals surface area contributed by atoms with E-state index >= 15 is 0 Å². The van der Waals surface area contributed by atoms with E-state index in [-0.39, 0.29) is 38.0 Å².